The van der Waals surface area contributed by atoms with Crippen LogP contribution >= 0.6 is 34.8 Å². The molecule has 7 heteroatoms. The van der Waals surface area contributed by atoms with Gasteiger partial charge in [0.25, 0.3) is 11.8 Å². The Labute approximate surface area is 159 Å². The molecular formula is C17H16IN3O2S. The minimum absolute atomic E-state index is 0.0246. The van der Waals surface area contributed by atoms with E-state index in [4.69, 9.17) is 12.2 Å². The first-order valence-electron chi connectivity index (χ1n) is 7.11. The lowest BCUT2D eigenvalue weighted by molar-refractivity contribution is 0.0934. The van der Waals surface area contributed by atoms with Crippen LogP contribution in [0, 0.1) is 17.4 Å². The van der Waals surface area contributed by atoms with Crippen molar-refractivity contribution in [1.82, 2.24) is 16.2 Å². The zero-order chi connectivity index (χ0) is 17.7. The number of aryl methyl sites for hydroxylation is 2. The van der Waals surface area contributed by atoms with E-state index in [1.165, 1.54) is 0 Å². The van der Waals surface area contributed by atoms with Crippen LogP contribution in [-0.4, -0.2) is 16.9 Å². The summed E-state index contributed by atoms with van der Waals surface area (Å²) in [6, 6.07) is 12.5. The molecule has 0 spiro atoms. The highest BCUT2D eigenvalue weighted by Gasteiger charge is 2.10. The van der Waals surface area contributed by atoms with E-state index < -0.39 is 0 Å². The molecule has 0 saturated carbocycles. The molecule has 24 heavy (non-hydrogen) atoms. The standard InChI is InChI=1S/C17H16IN3O2S/c1-10-4-3-5-12(8-10)16(23)20-21-17(24)19-15(22)13-7-6-11(2)14(18)9-13/h3-9H,1-2H3,(H,20,23)(H2,19,21,22,24). The van der Waals surface area contributed by atoms with E-state index in [0.29, 0.717) is 11.1 Å². The molecule has 5 nitrogen and oxygen atoms in total. The van der Waals surface area contributed by atoms with Crippen LogP contribution in [0.2, 0.25) is 0 Å². The Morgan fingerprint density at radius 2 is 1.67 bits per heavy atom. The van der Waals surface area contributed by atoms with E-state index in [0.717, 1.165) is 14.7 Å². The van der Waals surface area contributed by atoms with E-state index in [1.807, 2.05) is 26.0 Å². The minimum Gasteiger partial charge on any atom is -0.298 e. The molecule has 0 saturated heterocycles. The van der Waals surface area contributed by atoms with Crippen molar-refractivity contribution in [3.05, 3.63) is 68.3 Å². The molecule has 2 aromatic carbocycles. The van der Waals surface area contributed by atoms with E-state index in [1.54, 1.807) is 30.3 Å². The van der Waals surface area contributed by atoms with Crippen LogP contribution in [0.25, 0.3) is 0 Å². The summed E-state index contributed by atoms with van der Waals surface area (Å²) in [7, 11) is 0. The molecular weight excluding hydrogens is 437 g/mol. The van der Waals surface area contributed by atoms with Gasteiger partial charge in [-0.25, -0.2) is 0 Å². The molecule has 0 unspecified atom stereocenters. The van der Waals surface area contributed by atoms with Crippen molar-refractivity contribution in [2.45, 2.75) is 13.8 Å². The van der Waals surface area contributed by atoms with Crippen molar-refractivity contribution in [2.75, 3.05) is 0 Å². The van der Waals surface area contributed by atoms with Crippen LogP contribution in [-0.2, 0) is 0 Å². The first kappa shape index (κ1) is 18.3. The molecule has 2 aromatic rings. The molecule has 3 N–H and O–H groups in total. The summed E-state index contributed by atoms with van der Waals surface area (Å²) in [6.07, 6.45) is 0. The molecule has 2 amide bonds. The van der Waals surface area contributed by atoms with Gasteiger partial charge in [-0.3, -0.25) is 25.8 Å². The number of halogens is 1. The predicted octanol–water partition coefficient (Wildman–Crippen LogP) is 2.86. The smallest absolute Gasteiger partial charge is 0.269 e. The number of hydrogen-bond donors (Lipinski definition) is 3. The fourth-order valence-corrected chi connectivity index (χ4v) is 2.57. The first-order chi connectivity index (χ1) is 11.4. The maximum absolute atomic E-state index is 12.1. The van der Waals surface area contributed by atoms with Crippen molar-refractivity contribution in [1.29, 1.82) is 0 Å². The third-order valence-electron chi connectivity index (χ3n) is 3.23. The van der Waals surface area contributed by atoms with E-state index >= 15 is 0 Å². The number of rotatable bonds is 2. The number of nitrogens with one attached hydrogen (secondary N) is 3. The Morgan fingerprint density at radius 3 is 2.33 bits per heavy atom. The van der Waals surface area contributed by atoms with Crippen LogP contribution in [0.5, 0.6) is 0 Å². The van der Waals surface area contributed by atoms with E-state index in [-0.39, 0.29) is 16.9 Å². The quantitative estimate of drug-likeness (QED) is 0.372. The maximum atomic E-state index is 12.1. The van der Waals surface area contributed by atoms with Gasteiger partial charge >= 0.3 is 0 Å². The fourth-order valence-electron chi connectivity index (χ4n) is 1.91. The van der Waals surface area contributed by atoms with Crippen molar-refractivity contribution in [3.8, 4) is 0 Å². The zero-order valence-electron chi connectivity index (χ0n) is 13.1. The highest BCUT2D eigenvalue weighted by Crippen LogP contribution is 2.13. The normalized spacial score (nSPS) is 9.96. The van der Waals surface area contributed by atoms with Crippen LogP contribution in [0.3, 0.4) is 0 Å². The maximum Gasteiger partial charge on any atom is 0.269 e. The highest BCUT2D eigenvalue weighted by molar-refractivity contribution is 14.1. The predicted molar refractivity (Wildman–Crippen MR) is 106 cm³/mol. The minimum atomic E-state index is -0.338. The SMILES string of the molecule is Cc1cccc(C(=O)NNC(=S)NC(=O)c2ccc(C)c(I)c2)c1. The van der Waals surface area contributed by atoms with Crippen molar-refractivity contribution in [2.24, 2.45) is 0 Å². The summed E-state index contributed by atoms with van der Waals surface area (Å²) in [5, 5.41) is 2.55. The fraction of sp³-hybridized carbons (Fsp3) is 0.118. The Balaban J connectivity index is 1.89. The van der Waals surface area contributed by atoms with Crippen molar-refractivity contribution in [3.63, 3.8) is 0 Å². The third-order valence-corrected chi connectivity index (χ3v) is 4.60. The number of carbonyl (C=O) groups excluding carboxylic acids is 2. The van der Waals surface area contributed by atoms with Gasteiger partial charge in [-0.05, 0) is 78.5 Å². The summed E-state index contributed by atoms with van der Waals surface area (Å²) >= 11 is 7.19. The van der Waals surface area contributed by atoms with Crippen molar-refractivity contribution < 1.29 is 9.59 Å². The summed E-state index contributed by atoms with van der Waals surface area (Å²) in [5.74, 6) is -0.671. The average molecular weight is 453 g/mol. The van der Waals surface area contributed by atoms with Gasteiger partial charge in [0, 0.05) is 14.7 Å². The Bertz CT molecular complexity index is 808. The van der Waals surface area contributed by atoms with Crippen LogP contribution in [0.4, 0.5) is 0 Å². The summed E-state index contributed by atoms with van der Waals surface area (Å²) in [5.41, 5.74) is 8.06. The summed E-state index contributed by atoms with van der Waals surface area (Å²) < 4.78 is 0.992. The second kappa shape index (κ2) is 8.20. The molecule has 0 atom stereocenters. The van der Waals surface area contributed by atoms with E-state index in [2.05, 4.69) is 38.8 Å². The number of hydrazine groups is 1. The van der Waals surface area contributed by atoms with E-state index in [9.17, 15) is 9.59 Å². The zero-order valence-corrected chi connectivity index (χ0v) is 16.1. The molecule has 0 aliphatic rings. The molecule has 0 heterocycles. The van der Waals surface area contributed by atoms with Gasteiger partial charge < -0.3 is 0 Å². The lowest BCUT2D eigenvalue weighted by Gasteiger charge is -2.11. The molecule has 2 rings (SSSR count). The molecule has 124 valence electrons. The van der Waals surface area contributed by atoms with Gasteiger partial charge in [0.15, 0.2) is 5.11 Å². The van der Waals surface area contributed by atoms with Gasteiger partial charge in [0.1, 0.15) is 0 Å². The highest BCUT2D eigenvalue weighted by atomic mass is 127. The number of thiocarbonyl (C=S) groups is 1. The molecule has 0 radical (unpaired) electrons. The van der Waals surface area contributed by atoms with Gasteiger partial charge in [-0.2, -0.15) is 0 Å². The Kier molecular flexibility index (Phi) is 6.27. The number of benzene rings is 2. The first-order valence-corrected chi connectivity index (χ1v) is 8.60. The number of amides is 2. The Morgan fingerprint density at radius 1 is 0.958 bits per heavy atom. The Hall–Kier alpha value is -2.00. The van der Waals surface area contributed by atoms with Crippen LogP contribution < -0.4 is 16.2 Å². The molecule has 0 fully saturated rings. The average Bonchev–Trinajstić information content (AvgIpc) is 2.55. The molecule has 0 aliphatic heterocycles. The second-order valence-corrected chi connectivity index (χ2v) is 6.77. The lowest BCUT2D eigenvalue weighted by atomic mass is 10.1. The number of carbonyl (C=O) groups is 2. The molecule has 0 bridgehead atoms. The largest absolute Gasteiger partial charge is 0.298 e. The second-order valence-electron chi connectivity index (χ2n) is 5.20. The van der Waals surface area contributed by atoms with Crippen LogP contribution in [0.1, 0.15) is 31.8 Å². The van der Waals surface area contributed by atoms with Crippen LogP contribution in [0.15, 0.2) is 42.5 Å². The van der Waals surface area contributed by atoms with Crippen molar-refractivity contribution >= 4 is 51.7 Å². The monoisotopic (exact) mass is 453 g/mol. The topological polar surface area (TPSA) is 70.2 Å². The van der Waals surface area contributed by atoms with Gasteiger partial charge in [-0.15, -0.1) is 0 Å². The summed E-state index contributed by atoms with van der Waals surface area (Å²) in [4.78, 5) is 24.1. The summed E-state index contributed by atoms with van der Waals surface area (Å²) in [6.45, 7) is 3.87. The molecule has 0 aliphatic carbocycles. The number of hydrogen-bond acceptors (Lipinski definition) is 3. The lowest BCUT2D eigenvalue weighted by Crippen LogP contribution is -2.48. The third kappa shape index (κ3) is 5.00. The van der Waals surface area contributed by atoms with Gasteiger partial charge in [0.05, 0.1) is 0 Å². The van der Waals surface area contributed by atoms with Gasteiger partial charge in [0.2, 0.25) is 0 Å². The van der Waals surface area contributed by atoms with Gasteiger partial charge in [-0.1, -0.05) is 23.8 Å². The molecule has 0 aromatic heterocycles.